The standard InChI is InChI=1S/C12H21N3O2S.ClH/c1-3-10-15(2)18(16,17)14-9-8-11-4-6-12(13)7-5-11;/h4-7,14H,3,8-10,13H2,1-2H3;1H. The Kier molecular flexibility index (Phi) is 8.01. The zero-order chi connectivity index (χ0) is 13.6. The first-order valence-electron chi connectivity index (χ1n) is 6.01. The Morgan fingerprint density at radius 2 is 1.84 bits per heavy atom. The Bertz CT molecular complexity index is 462. The Labute approximate surface area is 121 Å². The summed E-state index contributed by atoms with van der Waals surface area (Å²) in [7, 11) is -1.76. The number of nitrogens with one attached hydrogen (secondary N) is 1. The van der Waals surface area contributed by atoms with Crippen molar-refractivity contribution in [3.05, 3.63) is 29.8 Å². The van der Waals surface area contributed by atoms with Gasteiger partial charge in [-0.25, -0.2) is 4.72 Å². The van der Waals surface area contributed by atoms with Crippen molar-refractivity contribution in [1.82, 2.24) is 9.03 Å². The summed E-state index contributed by atoms with van der Waals surface area (Å²) in [5.41, 5.74) is 7.35. The van der Waals surface area contributed by atoms with E-state index in [1.165, 1.54) is 4.31 Å². The van der Waals surface area contributed by atoms with Gasteiger partial charge in [-0.3, -0.25) is 0 Å². The van der Waals surface area contributed by atoms with E-state index in [-0.39, 0.29) is 12.4 Å². The lowest BCUT2D eigenvalue weighted by molar-refractivity contribution is 0.457. The maximum atomic E-state index is 11.8. The van der Waals surface area contributed by atoms with E-state index >= 15 is 0 Å². The van der Waals surface area contributed by atoms with Gasteiger partial charge in [0.2, 0.25) is 0 Å². The van der Waals surface area contributed by atoms with Crippen LogP contribution in [-0.2, 0) is 16.6 Å². The zero-order valence-corrected chi connectivity index (χ0v) is 12.9. The highest BCUT2D eigenvalue weighted by Crippen LogP contribution is 2.05. The zero-order valence-electron chi connectivity index (χ0n) is 11.3. The summed E-state index contributed by atoms with van der Waals surface area (Å²) >= 11 is 0. The van der Waals surface area contributed by atoms with E-state index in [0.717, 1.165) is 12.0 Å². The number of anilines is 1. The predicted octanol–water partition coefficient (Wildman–Crippen LogP) is 1.41. The molecule has 0 unspecified atom stereocenters. The van der Waals surface area contributed by atoms with Gasteiger partial charge in [0.15, 0.2) is 0 Å². The highest BCUT2D eigenvalue weighted by atomic mass is 35.5. The molecule has 19 heavy (non-hydrogen) atoms. The topological polar surface area (TPSA) is 75.4 Å². The third kappa shape index (κ3) is 6.24. The van der Waals surface area contributed by atoms with Crippen molar-refractivity contribution in [2.45, 2.75) is 19.8 Å². The van der Waals surface area contributed by atoms with E-state index < -0.39 is 10.2 Å². The summed E-state index contributed by atoms with van der Waals surface area (Å²) < 4.78 is 27.4. The molecule has 0 heterocycles. The second kappa shape index (κ2) is 8.37. The molecule has 0 fully saturated rings. The minimum absolute atomic E-state index is 0. The molecule has 0 aliphatic heterocycles. The molecule has 7 heteroatoms. The molecule has 0 spiro atoms. The molecular weight excluding hydrogens is 286 g/mol. The van der Waals surface area contributed by atoms with Crippen LogP contribution < -0.4 is 10.5 Å². The molecule has 5 nitrogen and oxygen atoms in total. The van der Waals surface area contributed by atoms with Crippen molar-refractivity contribution >= 4 is 28.3 Å². The molecule has 0 amide bonds. The fourth-order valence-electron chi connectivity index (χ4n) is 1.55. The fourth-order valence-corrected chi connectivity index (χ4v) is 2.56. The van der Waals surface area contributed by atoms with Crippen LogP contribution in [0.4, 0.5) is 5.69 Å². The Hall–Kier alpha value is -0.820. The smallest absolute Gasteiger partial charge is 0.279 e. The minimum Gasteiger partial charge on any atom is -0.399 e. The SMILES string of the molecule is CCCN(C)S(=O)(=O)NCCc1ccc(N)cc1.Cl. The van der Waals surface area contributed by atoms with Crippen LogP contribution in [0.3, 0.4) is 0 Å². The molecule has 110 valence electrons. The Morgan fingerprint density at radius 1 is 1.26 bits per heavy atom. The monoisotopic (exact) mass is 307 g/mol. The molecule has 1 aromatic rings. The van der Waals surface area contributed by atoms with Crippen LogP contribution in [0.5, 0.6) is 0 Å². The predicted molar refractivity (Wildman–Crippen MR) is 81.6 cm³/mol. The van der Waals surface area contributed by atoms with E-state index in [1.807, 2.05) is 31.2 Å². The largest absolute Gasteiger partial charge is 0.399 e. The van der Waals surface area contributed by atoms with Gasteiger partial charge in [-0.1, -0.05) is 19.1 Å². The van der Waals surface area contributed by atoms with Gasteiger partial charge >= 0.3 is 0 Å². The summed E-state index contributed by atoms with van der Waals surface area (Å²) in [6.45, 7) is 2.86. The summed E-state index contributed by atoms with van der Waals surface area (Å²) in [6.07, 6.45) is 1.45. The molecule has 1 aromatic carbocycles. The van der Waals surface area contributed by atoms with Crippen LogP contribution in [0.2, 0.25) is 0 Å². The molecule has 1 rings (SSSR count). The number of nitrogens with two attached hydrogens (primary N) is 1. The van der Waals surface area contributed by atoms with Gasteiger partial charge in [0.25, 0.3) is 10.2 Å². The lowest BCUT2D eigenvalue weighted by atomic mass is 10.1. The van der Waals surface area contributed by atoms with E-state index in [0.29, 0.717) is 25.2 Å². The number of nitrogens with zero attached hydrogens (tertiary/aromatic N) is 1. The molecule has 0 aromatic heterocycles. The number of hydrogen-bond acceptors (Lipinski definition) is 3. The number of nitrogen functional groups attached to an aromatic ring is 1. The highest BCUT2D eigenvalue weighted by molar-refractivity contribution is 7.87. The van der Waals surface area contributed by atoms with E-state index in [9.17, 15) is 8.42 Å². The number of rotatable bonds is 7. The van der Waals surface area contributed by atoms with Gasteiger partial charge < -0.3 is 5.73 Å². The molecule has 0 radical (unpaired) electrons. The number of benzene rings is 1. The van der Waals surface area contributed by atoms with E-state index in [4.69, 9.17) is 5.73 Å². The normalized spacial score (nSPS) is 11.3. The first-order chi connectivity index (χ1) is 8.45. The van der Waals surface area contributed by atoms with E-state index in [1.54, 1.807) is 7.05 Å². The summed E-state index contributed by atoms with van der Waals surface area (Å²) in [6, 6.07) is 7.43. The first kappa shape index (κ1) is 18.2. The number of halogens is 1. The third-order valence-corrected chi connectivity index (χ3v) is 4.20. The molecular formula is C12H22ClN3O2S. The van der Waals surface area contributed by atoms with E-state index in [2.05, 4.69) is 4.72 Å². The van der Waals surface area contributed by atoms with Crippen molar-refractivity contribution in [2.24, 2.45) is 0 Å². The fraction of sp³-hybridized carbons (Fsp3) is 0.500. The maximum Gasteiger partial charge on any atom is 0.279 e. The van der Waals surface area contributed by atoms with Crippen LogP contribution >= 0.6 is 12.4 Å². The van der Waals surface area contributed by atoms with Crippen molar-refractivity contribution in [3.63, 3.8) is 0 Å². The van der Waals surface area contributed by atoms with Crippen LogP contribution in [0.1, 0.15) is 18.9 Å². The van der Waals surface area contributed by atoms with Crippen LogP contribution in [0, 0.1) is 0 Å². The van der Waals surface area contributed by atoms with Crippen LogP contribution in [-0.4, -0.2) is 32.9 Å². The van der Waals surface area contributed by atoms with Gasteiger partial charge in [-0.2, -0.15) is 12.7 Å². The second-order valence-electron chi connectivity index (χ2n) is 4.21. The van der Waals surface area contributed by atoms with Gasteiger partial charge in [-0.15, -0.1) is 12.4 Å². The molecule has 0 bridgehead atoms. The molecule has 0 saturated carbocycles. The van der Waals surface area contributed by atoms with Crippen molar-refractivity contribution < 1.29 is 8.42 Å². The Morgan fingerprint density at radius 3 is 2.37 bits per heavy atom. The van der Waals surface area contributed by atoms with Crippen molar-refractivity contribution in [2.75, 3.05) is 25.9 Å². The lowest BCUT2D eigenvalue weighted by Gasteiger charge is -2.16. The number of hydrogen-bond donors (Lipinski definition) is 2. The molecule has 0 saturated heterocycles. The lowest BCUT2D eigenvalue weighted by Crippen LogP contribution is -2.39. The summed E-state index contributed by atoms with van der Waals surface area (Å²) in [5.74, 6) is 0. The molecule has 0 atom stereocenters. The van der Waals surface area contributed by atoms with Crippen LogP contribution in [0.15, 0.2) is 24.3 Å². The quantitative estimate of drug-likeness (QED) is 0.748. The third-order valence-electron chi connectivity index (χ3n) is 2.63. The van der Waals surface area contributed by atoms with Crippen LogP contribution in [0.25, 0.3) is 0 Å². The molecule has 0 aliphatic carbocycles. The van der Waals surface area contributed by atoms with Crippen molar-refractivity contribution in [3.8, 4) is 0 Å². The average molecular weight is 308 g/mol. The first-order valence-corrected chi connectivity index (χ1v) is 7.45. The summed E-state index contributed by atoms with van der Waals surface area (Å²) in [4.78, 5) is 0. The molecule has 3 N–H and O–H groups in total. The van der Waals surface area contributed by atoms with Gasteiger partial charge in [0, 0.05) is 25.8 Å². The highest BCUT2D eigenvalue weighted by Gasteiger charge is 2.15. The summed E-state index contributed by atoms with van der Waals surface area (Å²) in [5, 5.41) is 0. The van der Waals surface area contributed by atoms with Gasteiger partial charge in [-0.05, 0) is 30.5 Å². The maximum absolute atomic E-state index is 11.8. The Balaban J connectivity index is 0.00000324. The van der Waals surface area contributed by atoms with Gasteiger partial charge in [0.05, 0.1) is 0 Å². The second-order valence-corrected chi connectivity index (χ2v) is 6.07. The van der Waals surface area contributed by atoms with Crippen molar-refractivity contribution in [1.29, 1.82) is 0 Å². The average Bonchev–Trinajstić information content (AvgIpc) is 2.32. The molecule has 0 aliphatic rings. The van der Waals surface area contributed by atoms with Gasteiger partial charge in [0.1, 0.15) is 0 Å². The minimum atomic E-state index is -3.34.